The van der Waals surface area contributed by atoms with Crippen molar-refractivity contribution in [3.8, 4) is 0 Å². The molecule has 98 valence electrons. The molecule has 2 N–H and O–H groups in total. The van der Waals surface area contributed by atoms with Gasteiger partial charge in [0.25, 0.3) is 0 Å². The minimum atomic E-state index is 0.0974. The van der Waals surface area contributed by atoms with E-state index in [9.17, 15) is 4.79 Å². The van der Waals surface area contributed by atoms with Gasteiger partial charge in [0.2, 0.25) is 0 Å². The second kappa shape index (κ2) is 6.21. The molecule has 5 heteroatoms. The molecule has 2 fully saturated rings. The molecule has 0 spiro atoms. The Balaban J connectivity index is 1.69. The van der Waals surface area contributed by atoms with Crippen molar-refractivity contribution >= 4 is 6.03 Å². The summed E-state index contributed by atoms with van der Waals surface area (Å²) >= 11 is 0. The third-order valence-electron chi connectivity index (χ3n) is 3.44. The SMILES string of the molecule is CCCC1CN(CCC2COCCN2)C(=O)N1. The highest BCUT2D eigenvalue weighted by Gasteiger charge is 2.28. The minimum Gasteiger partial charge on any atom is -0.379 e. The molecule has 0 saturated carbocycles. The first-order valence-corrected chi connectivity index (χ1v) is 6.66. The summed E-state index contributed by atoms with van der Waals surface area (Å²) in [4.78, 5) is 13.6. The Hall–Kier alpha value is -0.810. The van der Waals surface area contributed by atoms with Crippen molar-refractivity contribution in [2.24, 2.45) is 0 Å². The molecule has 2 amide bonds. The second-order valence-electron chi connectivity index (χ2n) is 4.90. The molecule has 2 aliphatic rings. The van der Waals surface area contributed by atoms with Crippen molar-refractivity contribution < 1.29 is 9.53 Å². The Morgan fingerprint density at radius 3 is 3.00 bits per heavy atom. The zero-order chi connectivity index (χ0) is 12.1. The van der Waals surface area contributed by atoms with Gasteiger partial charge in [0.15, 0.2) is 0 Å². The predicted molar refractivity (Wildman–Crippen MR) is 66.0 cm³/mol. The molecule has 0 aromatic rings. The summed E-state index contributed by atoms with van der Waals surface area (Å²) in [7, 11) is 0. The average Bonchev–Trinajstić information content (AvgIpc) is 2.69. The maximum Gasteiger partial charge on any atom is 0.317 e. The lowest BCUT2D eigenvalue weighted by atomic mass is 10.1. The summed E-state index contributed by atoms with van der Waals surface area (Å²) < 4.78 is 5.40. The smallest absolute Gasteiger partial charge is 0.317 e. The van der Waals surface area contributed by atoms with Gasteiger partial charge in [0.1, 0.15) is 0 Å². The predicted octanol–water partition coefficient (Wildman–Crippen LogP) is 0.559. The van der Waals surface area contributed by atoms with E-state index in [0.717, 1.165) is 52.1 Å². The third kappa shape index (κ3) is 3.57. The molecule has 2 heterocycles. The lowest BCUT2D eigenvalue weighted by Gasteiger charge is -2.25. The van der Waals surface area contributed by atoms with Gasteiger partial charge in [0.05, 0.1) is 13.2 Å². The standard InChI is InChI=1S/C12H23N3O2/c1-2-3-10-8-15(12(16)14-10)6-4-11-9-17-7-5-13-11/h10-11,13H,2-9H2,1H3,(H,14,16). The fourth-order valence-electron chi connectivity index (χ4n) is 2.48. The molecule has 2 rings (SSSR count). The molecule has 0 bridgehead atoms. The van der Waals surface area contributed by atoms with E-state index in [4.69, 9.17) is 4.74 Å². The maximum atomic E-state index is 11.7. The quantitative estimate of drug-likeness (QED) is 0.739. The van der Waals surface area contributed by atoms with Crippen molar-refractivity contribution in [1.82, 2.24) is 15.5 Å². The van der Waals surface area contributed by atoms with E-state index < -0.39 is 0 Å². The summed E-state index contributed by atoms with van der Waals surface area (Å²) in [6.07, 6.45) is 3.18. The largest absolute Gasteiger partial charge is 0.379 e. The normalized spacial score (nSPS) is 29.5. The summed E-state index contributed by atoms with van der Waals surface area (Å²) in [5.41, 5.74) is 0. The van der Waals surface area contributed by atoms with Gasteiger partial charge in [-0.25, -0.2) is 4.79 Å². The number of amides is 2. The Morgan fingerprint density at radius 2 is 2.29 bits per heavy atom. The van der Waals surface area contributed by atoms with Crippen LogP contribution in [0.4, 0.5) is 4.79 Å². The van der Waals surface area contributed by atoms with E-state index in [1.165, 1.54) is 0 Å². The number of carbonyl (C=O) groups excluding carboxylic acids is 1. The fourth-order valence-corrected chi connectivity index (χ4v) is 2.48. The summed E-state index contributed by atoms with van der Waals surface area (Å²) in [5.74, 6) is 0. The number of hydrogen-bond donors (Lipinski definition) is 2. The van der Waals surface area contributed by atoms with E-state index >= 15 is 0 Å². The summed E-state index contributed by atoms with van der Waals surface area (Å²) in [6.45, 7) is 6.34. The molecule has 0 aliphatic carbocycles. The Bertz CT molecular complexity index is 254. The van der Waals surface area contributed by atoms with Crippen LogP contribution >= 0.6 is 0 Å². The molecule has 0 aromatic heterocycles. The van der Waals surface area contributed by atoms with Crippen LogP contribution in [-0.2, 0) is 4.74 Å². The first kappa shape index (κ1) is 12.6. The molecule has 0 aromatic carbocycles. The second-order valence-corrected chi connectivity index (χ2v) is 4.90. The highest BCUT2D eigenvalue weighted by atomic mass is 16.5. The van der Waals surface area contributed by atoms with Crippen molar-refractivity contribution in [3.63, 3.8) is 0 Å². The molecule has 5 nitrogen and oxygen atoms in total. The molecular formula is C12H23N3O2. The van der Waals surface area contributed by atoms with Gasteiger partial charge >= 0.3 is 6.03 Å². The number of carbonyl (C=O) groups is 1. The number of nitrogens with one attached hydrogen (secondary N) is 2. The van der Waals surface area contributed by atoms with Crippen molar-refractivity contribution in [3.05, 3.63) is 0 Å². The topological polar surface area (TPSA) is 53.6 Å². The molecule has 2 unspecified atom stereocenters. The van der Waals surface area contributed by atoms with Crippen LogP contribution in [-0.4, -0.2) is 55.9 Å². The number of nitrogens with zero attached hydrogens (tertiary/aromatic N) is 1. The minimum absolute atomic E-state index is 0.0974. The highest BCUT2D eigenvalue weighted by Crippen LogP contribution is 2.10. The summed E-state index contributed by atoms with van der Waals surface area (Å²) in [5, 5.41) is 6.44. The first-order chi connectivity index (χ1) is 8.29. The van der Waals surface area contributed by atoms with E-state index in [-0.39, 0.29) is 6.03 Å². The number of rotatable bonds is 5. The van der Waals surface area contributed by atoms with E-state index in [2.05, 4.69) is 17.6 Å². The van der Waals surface area contributed by atoms with E-state index in [1.807, 2.05) is 4.90 Å². The number of hydrogen-bond acceptors (Lipinski definition) is 3. The number of urea groups is 1. The third-order valence-corrected chi connectivity index (χ3v) is 3.44. The van der Waals surface area contributed by atoms with Gasteiger partial charge in [0, 0.05) is 31.7 Å². The molecular weight excluding hydrogens is 218 g/mol. The maximum absolute atomic E-state index is 11.7. The molecule has 0 radical (unpaired) electrons. The van der Waals surface area contributed by atoms with Crippen LogP contribution in [0.25, 0.3) is 0 Å². The molecule has 17 heavy (non-hydrogen) atoms. The molecule has 2 saturated heterocycles. The van der Waals surface area contributed by atoms with Gasteiger partial charge in [-0.15, -0.1) is 0 Å². The Labute approximate surface area is 103 Å². The zero-order valence-corrected chi connectivity index (χ0v) is 10.6. The highest BCUT2D eigenvalue weighted by molar-refractivity contribution is 5.76. The summed E-state index contributed by atoms with van der Waals surface area (Å²) in [6, 6.07) is 0.852. The van der Waals surface area contributed by atoms with Crippen molar-refractivity contribution in [1.29, 1.82) is 0 Å². The Kier molecular flexibility index (Phi) is 4.62. The van der Waals surface area contributed by atoms with Gasteiger partial charge in [-0.05, 0) is 12.8 Å². The molecule has 2 aliphatic heterocycles. The van der Waals surface area contributed by atoms with Crippen LogP contribution in [0.2, 0.25) is 0 Å². The van der Waals surface area contributed by atoms with Crippen LogP contribution in [0.15, 0.2) is 0 Å². The van der Waals surface area contributed by atoms with Crippen LogP contribution < -0.4 is 10.6 Å². The van der Waals surface area contributed by atoms with Gasteiger partial charge in [-0.1, -0.05) is 13.3 Å². The number of ether oxygens (including phenoxy) is 1. The Morgan fingerprint density at radius 1 is 1.41 bits per heavy atom. The van der Waals surface area contributed by atoms with E-state index in [1.54, 1.807) is 0 Å². The van der Waals surface area contributed by atoms with Crippen LogP contribution in [0, 0.1) is 0 Å². The zero-order valence-electron chi connectivity index (χ0n) is 10.6. The lowest BCUT2D eigenvalue weighted by Crippen LogP contribution is -2.43. The number of morpholine rings is 1. The fraction of sp³-hybridized carbons (Fsp3) is 0.917. The molecule has 2 atom stereocenters. The van der Waals surface area contributed by atoms with E-state index in [0.29, 0.717) is 12.1 Å². The monoisotopic (exact) mass is 241 g/mol. The lowest BCUT2D eigenvalue weighted by molar-refractivity contribution is 0.0717. The van der Waals surface area contributed by atoms with Gasteiger partial charge < -0.3 is 20.3 Å². The van der Waals surface area contributed by atoms with Crippen LogP contribution in [0.1, 0.15) is 26.2 Å². The first-order valence-electron chi connectivity index (χ1n) is 6.66. The van der Waals surface area contributed by atoms with Gasteiger partial charge in [-0.2, -0.15) is 0 Å². The van der Waals surface area contributed by atoms with Gasteiger partial charge in [-0.3, -0.25) is 0 Å². The average molecular weight is 241 g/mol. The van der Waals surface area contributed by atoms with Crippen molar-refractivity contribution in [2.75, 3.05) is 32.8 Å². The van der Waals surface area contributed by atoms with Crippen LogP contribution in [0.5, 0.6) is 0 Å². The van der Waals surface area contributed by atoms with Crippen LogP contribution in [0.3, 0.4) is 0 Å². The van der Waals surface area contributed by atoms with Crippen molar-refractivity contribution in [2.45, 2.75) is 38.3 Å².